The van der Waals surface area contributed by atoms with Gasteiger partial charge in [-0.15, -0.1) is 0 Å². The molecule has 0 aliphatic rings. The first kappa shape index (κ1) is 16.2. The third kappa shape index (κ3) is 4.63. The van der Waals surface area contributed by atoms with Gasteiger partial charge in [0.25, 0.3) is 0 Å². The van der Waals surface area contributed by atoms with Crippen molar-refractivity contribution >= 4 is 0 Å². The van der Waals surface area contributed by atoms with E-state index in [0.29, 0.717) is 12.0 Å². The van der Waals surface area contributed by atoms with Crippen molar-refractivity contribution in [2.45, 2.75) is 58.7 Å². The molecule has 0 aliphatic heterocycles. The van der Waals surface area contributed by atoms with Crippen LogP contribution in [0.3, 0.4) is 0 Å². The highest BCUT2D eigenvalue weighted by Gasteiger charge is 2.26. The predicted molar refractivity (Wildman–Crippen MR) is 82.2 cm³/mol. The summed E-state index contributed by atoms with van der Waals surface area (Å²) in [7, 11) is 2.13. The highest BCUT2D eigenvalue weighted by Crippen LogP contribution is 2.25. The zero-order valence-electron chi connectivity index (χ0n) is 13.0. The molecule has 0 saturated carbocycles. The van der Waals surface area contributed by atoms with Crippen LogP contribution in [0.15, 0.2) is 30.3 Å². The first-order valence-electron chi connectivity index (χ1n) is 7.42. The fourth-order valence-electron chi connectivity index (χ4n) is 2.78. The summed E-state index contributed by atoms with van der Waals surface area (Å²) in [6.07, 6.45) is 1.70. The van der Waals surface area contributed by atoms with Gasteiger partial charge in [0.15, 0.2) is 0 Å². The Balaban J connectivity index is 2.76. The lowest BCUT2D eigenvalue weighted by Gasteiger charge is -2.36. The smallest absolute Gasteiger partial charge is 0.0945 e. The maximum atomic E-state index is 10.6. The summed E-state index contributed by atoms with van der Waals surface area (Å²) in [5.74, 6) is 0.684. The first-order chi connectivity index (χ1) is 8.97. The number of hydrogen-bond acceptors (Lipinski definition) is 2. The zero-order valence-corrected chi connectivity index (χ0v) is 13.0. The molecule has 0 heterocycles. The summed E-state index contributed by atoms with van der Waals surface area (Å²) < 4.78 is 0. The van der Waals surface area contributed by atoms with Gasteiger partial charge in [-0.25, -0.2) is 0 Å². The quantitative estimate of drug-likeness (QED) is 0.807. The number of likely N-dealkylation sites (N-methyl/N-ethyl adjacent to an activating group) is 1. The Hall–Kier alpha value is -0.860. The molecule has 0 aromatic heterocycles. The molecule has 1 N–H and O–H groups in total. The Morgan fingerprint density at radius 2 is 1.68 bits per heavy atom. The van der Waals surface area contributed by atoms with Gasteiger partial charge in [0.2, 0.25) is 0 Å². The van der Waals surface area contributed by atoms with E-state index in [1.165, 1.54) is 0 Å². The van der Waals surface area contributed by atoms with Crippen LogP contribution < -0.4 is 0 Å². The predicted octanol–water partition coefficient (Wildman–Crippen LogP) is 3.87. The molecule has 0 bridgehead atoms. The van der Waals surface area contributed by atoms with Crippen LogP contribution in [0.25, 0.3) is 0 Å². The molecule has 0 saturated heterocycles. The van der Waals surface area contributed by atoms with Gasteiger partial charge in [0, 0.05) is 12.1 Å². The van der Waals surface area contributed by atoms with Crippen LogP contribution in [0, 0.1) is 5.92 Å². The lowest BCUT2D eigenvalue weighted by molar-refractivity contribution is 0.0362. The maximum Gasteiger partial charge on any atom is 0.0945 e. The summed E-state index contributed by atoms with van der Waals surface area (Å²) in [5, 5.41) is 10.6. The third-order valence-electron chi connectivity index (χ3n) is 3.95. The van der Waals surface area contributed by atoms with Crippen molar-refractivity contribution < 1.29 is 5.11 Å². The molecule has 0 radical (unpaired) electrons. The Bertz CT molecular complexity index is 350. The van der Waals surface area contributed by atoms with Gasteiger partial charge >= 0.3 is 0 Å². The Kier molecular flexibility index (Phi) is 6.53. The number of hydrogen-bond donors (Lipinski definition) is 1. The van der Waals surface area contributed by atoms with Crippen molar-refractivity contribution in [3.63, 3.8) is 0 Å². The average molecular weight is 263 g/mol. The van der Waals surface area contributed by atoms with Crippen LogP contribution in [0.5, 0.6) is 0 Å². The topological polar surface area (TPSA) is 23.5 Å². The average Bonchev–Trinajstić information content (AvgIpc) is 2.39. The van der Waals surface area contributed by atoms with Crippen molar-refractivity contribution in [2.75, 3.05) is 7.05 Å². The second kappa shape index (κ2) is 7.66. The number of aliphatic hydroxyl groups is 1. The van der Waals surface area contributed by atoms with Crippen LogP contribution in [0.1, 0.15) is 52.2 Å². The molecular formula is C17H29NO. The minimum absolute atomic E-state index is 0.177. The van der Waals surface area contributed by atoms with E-state index in [2.05, 4.69) is 39.6 Å². The Morgan fingerprint density at radius 3 is 2.16 bits per heavy atom. The second-order valence-corrected chi connectivity index (χ2v) is 5.98. The summed E-state index contributed by atoms with van der Waals surface area (Å²) in [6, 6.07) is 10.6. The SMILES string of the molecule is CCC(C(O)c1ccccc1)N(C)C(C)CC(C)C. The molecule has 1 rings (SSSR count). The van der Waals surface area contributed by atoms with E-state index in [1.807, 2.05) is 30.3 Å². The van der Waals surface area contributed by atoms with Crippen LogP contribution in [0.4, 0.5) is 0 Å². The summed E-state index contributed by atoms with van der Waals surface area (Å²) in [4.78, 5) is 2.33. The van der Waals surface area contributed by atoms with Crippen LogP contribution in [-0.4, -0.2) is 29.1 Å². The van der Waals surface area contributed by atoms with Gasteiger partial charge in [-0.3, -0.25) is 4.90 Å². The Labute approximate surface area is 118 Å². The molecule has 1 aromatic rings. The molecule has 2 heteroatoms. The van der Waals surface area contributed by atoms with Gasteiger partial charge in [0.1, 0.15) is 0 Å². The van der Waals surface area contributed by atoms with Crippen molar-refractivity contribution in [1.29, 1.82) is 0 Å². The maximum absolute atomic E-state index is 10.6. The van der Waals surface area contributed by atoms with E-state index in [-0.39, 0.29) is 6.04 Å². The number of nitrogens with zero attached hydrogens (tertiary/aromatic N) is 1. The minimum atomic E-state index is -0.411. The summed E-state index contributed by atoms with van der Waals surface area (Å²) in [5.41, 5.74) is 1.01. The molecule has 0 amide bonds. The third-order valence-corrected chi connectivity index (χ3v) is 3.95. The second-order valence-electron chi connectivity index (χ2n) is 5.98. The largest absolute Gasteiger partial charge is 0.387 e. The molecule has 108 valence electrons. The number of aliphatic hydroxyl groups excluding tert-OH is 1. The van der Waals surface area contributed by atoms with Gasteiger partial charge < -0.3 is 5.11 Å². The van der Waals surface area contributed by atoms with Crippen molar-refractivity contribution in [1.82, 2.24) is 4.90 Å². The first-order valence-corrected chi connectivity index (χ1v) is 7.42. The highest BCUT2D eigenvalue weighted by atomic mass is 16.3. The van der Waals surface area contributed by atoms with Crippen LogP contribution in [0.2, 0.25) is 0 Å². The van der Waals surface area contributed by atoms with E-state index >= 15 is 0 Å². The highest BCUT2D eigenvalue weighted by molar-refractivity contribution is 5.18. The van der Waals surface area contributed by atoms with Gasteiger partial charge in [-0.2, -0.15) is 0 Å². The molecule has 1 aromatic carbocycles. The van der Waals surface area contributed by atoms with E-state index in [0.717, 1.165) is 18.4 Å². The van der Waals surface area contributed by atoms with Crippen molar-refractivity contribution in [2.24, 2.45) is 5.92 Å². The molecule has 0 spiro atoms. The van der Waals surface area contributed by atoms with Crippen LogP contribution in [-0.2, 0) is 0 Å². The summed E-state index contributed by atoms with van der Waals surface area (Å²) >= 11 is 0. The fourth-order valence-corrected chi connectivity index (χ4v) is 2.78. The number of rotatable bonds is 7. The Morgan fingerprint density at radius 1 is 1.11 bits per heavy atom. The molecule has 19 heavy (non-hydrogen) atoms. The van der Waals surface area contributed by atoms with Crippen LogP contribution >= 0.6 is 0 Å². The monoisotopic (exact) mass is 263 g/mol. The lowest BCUT2D eigenvalue weighted by atomic mass is 9.96. The van der Waals surface area contributed by atoms with Gasteiger partial charge in [-0.1, -0.05) is 51.1 Å². The van der Waals surface area contributed by atoms with Crippen molar-refractivity contribution in [3.8, 4) is 0 Å². The zero-order chi connectivity index (χ0) is 14.4. The van der Waals surface area contributed by atoms with Crippen molar-refractivity contribution in [3.05, 3.63) is 35.9 Å². The molecular weight excluding hydrogens is 234 g/mol. The standard InChI is InChI=1S/C17H29NO/c1-6-16(18(5)14(4)12-13(2)3)17(19)15-10-8-7-9-11-15/h7-11,13-14,16-17,19H,6,12H2,1-5H3. The van der Waals surface area contributed by atoms with E-state index in [4.69, 9.17) is 0 Å². The fraction of sp³-hybridized carbons (Fsp3) is 0.647. The van der Waals surface area contributed by atoms with E-state index in [1.54, 1.807) is 0 Å². The van der Waals surface area contributed by atoms with Gasteiger partial charge in [-0.05, 0) is 38.3 Å². The lowest BCUT2D eigenvalue weighted by Crippen LogP contribution is -2.42. The van der Waals surface area contributed by atoms with E-state index in [9.17, 15) is 5.11 Å². The normalized spacial score (nSPS) is 16.6. The number of benzene rings is 1. The minimum Gasteiger partial charge on any atom is -0.387 e. The van der Waals surface area contributed by atoms with E-state index < -0.39 is 6.10 Å². The molecule has 2 nitrogen and oxygen atoms in total. The molecule has 3 unspecified atom stereocenters. The summed E-state index contributed by atoms with van der Waals surface area (Å²) in [6.45, 7) is 8.90. The molecule has 0 aliphatic carbocycles. The molecule has 0 fully saturated rings. The molecule has 3 atom stereocenters. The van der Waals surface area contributed by atoms with Gasteiger partial charge in [0.05, 0.1) is 6.10 Å².